The summed E-state index contributed by atoms with van der Waals surface area (Å²) in [4.78, 5) is 27.2. The molecule has 0 bridgehead atoms. The Bertz CT molecular complexity index is 881. The Morgan fingerprint density at radius 3 is 2.46 bits per heavy atom. The summed E-state index contributed by atoms with van der Waals surface area (Å²) in [5, 5.41) is 2.74. The van der Waals surface area contributed by atoms with Crippen molar-refractivity contribution in [2.75, 3.05) is 23.8 Å². The van der Waals surface area contributed by atoms with Crippen molar-refractivity contribution >= 4 is 23.2 Å². The topological polar surface area (TPSA) is 53.9 Å². The number of hydrogen-bond donors (Lipinski definition) is 2. The predicted octanol–water partition coefficient (Wildman–Crippen LogP) is 2.09. The van der Waals surface area contributed by atoms with Crippen LogP contribution < -0.4 is 15.1 Å². The van der Waals surface area contributed by atoms with Crippen molar-refractivity contribution in [3.05, 3.63) is 59.7 Å². The van der Waals surface area contributed by atoms with Crippen molar-refractivity contribution in [2.24, 2.45) is 0 Å². The number of likely N-dealkylation sites (N-methyl/N-ethyl adjacent to an activating group) is 1. The summed E-state index contributed by atoms with van der Waals surface area (Å²) in [6, 6.07) is 11.5. The summed E-state index contributed by atoms with van der Waals surface area (Å²) in [7, 11) is 1.80. The van der Waals surface area contributed by atoms with Crippen LogP contribution in [-0.2, 0) is 22.3 Å². The molecule has 148 valence electrons. The minimum absolute atomic E-state index is 0.0618. The Kier molecular flexibility index (Phi) is 5.42. The molecule has 0 aromatic heterocycles. The van der Waals surface area contributed by atoms with E-state index in [9.17, 15) is 22.8 Å². The van der Waals surface area contributed by atoms with Gasteiger partial charge in [0.05, 0.1) is 24.0 Å². The molecule has 8 heteroatoms. The second kappa shape index (κ2) is 7.63. The molecule has 1 aliphatic rings. The number of para-hydroxylation sites is 2. The summed E-state index contributed by atoms with van der Waals surface area (Å²) in [5.74, 6) is -0.480. The van der Waals surface area contributed by atoms with Crippen molar-refractivity contribution in [3.8, 4) is 0 Å². The fourth-order valence-electron chi connectivity index (χ4n) is 3.16. The molecule has 1 heterocycles. The molecule has 1 unspecified atom stereocenters. The maximum Gasteiger partial charge on any atom is 0.416 e. The van der Waals surface area contributed by atoms with Crippen molar-refractivity contribution in [2.45, 2.75) is 25.7 Å². The maximum absolute atomic E-state index is 13.0. The van der Waals surface area contributed by atoms with Crippen molar-refractivity contribution in [3.63, 3.8) is 0 Å². The molecule has 0 aliphatic carbocycles. The highest BCUT2D eigenvalue weighted by molar-refractivity contribution is 6.10. The van der Waals surface area contributed by atoms with Crippen LogP contribution in [0.4, 0.5) is 24.5 Å². The minimum atomic E-state index is -4.37. The first kappa shape index (κ1) is 19.9. The molecule has 28 heavy (non-hydrogen) atoms. The summed E-state index contributed by atoms with van der Waals surface area (Å²) in [5.41, 5.74) is 1.22. The van der Waals surface area contributed by atoms with Gasteiger partial charge in [0, 0.05) is 5.56 Å². The standard InChI is InChI=1S/C20H20F3N3O2/c1-13(25(2)11-14-7-9-15(10-8-14)20(21,22)23)19(28)26-12-18(27)24-16-5-3-4-6-17(16)26/h3-10,13H,11-12H2,1-2H3,(H,24,27)/p+1/t13-/m0/s1. The SMILES string of the molecule is C[C@@H](C(=O)N1CC(=O)Nc2ccccc21)[NH+](C)Cc1ccc(C(F)(F)F)cc1. The van der Waals surface area contributed by atoms with E-state index in [2.05, 4.69) is 5.32 Å². The maximum atomic E-state index is 13.0. The second-order valence-corrected chi connectivity index (χ2v) is 6.93. The highest BCUT2D eigenvalue weighted by atomic mass is 19.4. The van der Waals surface area contributed by atoms with Gasteiger partial charge in [0.1, 0.15) is 13.1 Å². The van der Waals surface area contributed by atoms with Crippen LogP contribution in [0.25, 0.3) is 0 Å². The number of carbonyl (C=O) groups excluding carboxylic acids is 2. The molecule has 0 saturated heterocycles. The monoisotopic (exact) mass is 392 g/mol. The Labute approximate surface area is 160 Å². The molecule has 0 fully saturated rings. The van der Waals surface area contributed by atoms with E-state index in [1.807, 2.05) is 0 Å². The van der Waals surface area contributed by atoms with Crippen LogP contribution in [0.1, 0.15) is 18.1 Å². The van der Waals surface area contributed by atoms with Crippen molar-refractivity contribution in [1.82, 2.24) is 0 Å². The molecular weight excluding hydrogens is 371 g/mol. The molecule has 0 radical (unpaired) electrons. The Hall–Kier alpha value is -2.87. The summed E-state index contributed by atoms with van der Waals surface area (Å²) in [6.07, 6.45) is -4.37. The average Bonchev–Trinajstić information content (AvgIpc) is 2.65. The molecule has 3 rings (SSSR count). The Balaban J connectivity index is 1.72. The van der Waals surface area contributed by atoms with Crippen LogP contribution in [0.5, 0.6) is 0 Å². The number of hydrogen-bond acceptors (Lipinski definition) is 2. The smallest absolute Gasteiger partial charge is 0.324 e. The lowest BCUT2D eigenvalue weighted by Gasteiger charge is -2.32. The molecule has 2 amide bonds. The van der Waals surface area contributed by atoms with Gasteiger partial charge in [-0.25, -0.2) is 0 Å². The number of halogens is 3. The fourth-order valence-corrected chi connectivity index (χ4v) is 3.16. The van der Waals surface area contributed by atoms with Gasteiger partial charge in [0.2, 0.25) is 5.91 Å². The van der Waals surface area contributed by atoms with Gasteiger partial charge in [0.15, 0.2) is 6.04 Å². The van der Waals surface area contributed by atoms with Gasteiger partial charge in [-0.05, 0) is 31.2 Å². The number of carbonyl (C=O) groups is 2. The van der Waals surface area contributed by atoms with E-state index in [1.165, 1.54) is 17.0 Å². The first-order chi connectivity index (χ1) is 13.2. The molecule has 0 saturated carbocycles. The molecular formula is C20H21F3N3O2+. The van der Waals surface area contributed by atoms with Gasteiger partial charge in [0.25, 0.3) is 5.91 Å². The number of alkyl halides is 3. The first-order valence-corrected chi connectivity index (χ1v) is 8.85. The number of anilines is 2. The minimum Gasteiger partial charge on any atom is -0.324 e. The zero-order valence-electron chi connectivity index (χ0n) is 15.5. The van der Waals surface area contributed by atoms with Crippen LogP contribution in [-0.4, -0.2) is 31.4 Å². The summed E-state index contributed by atoms with van der Waals surface area (Å²) in [6.45, 7) is 2.07. The lowest BCUT2D eigenvalue weighted by molar-refractivity contribution is -0.908. The number of amides is 2. The largest absolute Gasteiger partial charge is 0.416 e. The molecule has 1 aliphatic heterocycles. The highest BCUT2D eigenvalue weighted by Crippen LogP contribution is 2.30. The van der Waals surface area contributed by atoms with Gasteiger partial charge in [-0.1, -0.05) is 24.3 Å². The number of quaternary nitrogens is 1. The van der Waals surface area contributed by atoms with Crippen LogP contribution in [0.2, 0.25) is 0 Å². The average molecular weight is 392 g/mol. The molecule has 2 N–H and O–H groups in total. The molecule has 2 aromatic carbocycles. The lowest BCUT2D eigenvalue weighted by Crippen LogP contribution is -3.12. The third-order valence-electron chi connectivity index (χ3n) is 4.91. The molecule has 0 spiro atoms. The van der Waals surface area contributed by atoms with E-state index in [4.69, 9.17) is 0 Å². The van der Waals surface area contributed by atoms with Crippen LogP contribution >= 0.6 is 0 Å². The molecule has 5 nitrogen and oxygen atoms in total. The van der Waals surface area contributed by atoms with E-state index in [0.717, 1.165) is 17.0 Å². The number of benzene rings is 2. The number of nitrogens with one attached hydrogen (secondary N) is 2. The first-order valence-electron chi connectivity index (χ1n) is 8.85. The van der Waals surface area contributed by atoms with E-state index >= 15 is 0 Å². The van der Waals surface area contributed by atoms with Crippen molar-refractivity contribution < 1.29 is 27.7 Å². The van der Waals surface area contributed by atoms with Crippen LogP contribution in [0.15, 0.2) is 48.5 Å². The number of fused-ring (bicyclic) bond motifs is 1. The van der Waals surface area contributed by atoms with Crippen LogP contribution in [0, 0.1) is 0 Å². The van der Waals surface area contributed by atoms with Crippen molar-refractivity contribution in [1.29, 1.82) is 0 Å². The Morgan fingerprint density at radius 2 is 1.82 bits per heavy atom. The third kappa shape index (κ3) is 4.17. The fraction of sp³-hybridized carbons (Fsp3) is 0.300. The quantitative estimate of drug-likeness (QED) is 0.837. The Morgan fingerprint density at radius 1 is 1.18 bits per heavy atom. The zero-order valence-corrected chi connectivity index (χ0v) is 15.5. The number of nitrogens with zero attached hydrogens (tertiary/aromatic N) is 1. The summed E-state index contributed by atoms with van der Waals surface area (Å²) < 4.78 is 38.1. The van der Waals surface area contributed by atoms with E-state index in [1.54, 1.807) is 38.2 Å². The summed E-state index contributed by atoms with van der Waals surface area (Å²) >= 11 is 0. The number of rotatable bonds is 4. The lowest BCUT2D eigenvalue weighted by atomic mass is 10.1. The van der Waals surface area contributed by atoms with Gasteiger partial charge in [-0.2, -0.15) is 13.2 Å². The van der Waals surface area contributed by atoms with Gasteiger partial charge >= 0.3 is 6.18 Å². The van der Waals surface area contributed by atoms with Crippen LogP contribution in [0.3, 0.4) is 0 Å². The third-order valence-corrected chi connectivity index (χ3v) is 4.91. The van der Waals surface area contributed by atoms with E-state index in [0.29, 0.717) is 23.5 Å². The van der Waals surface area contributed by atoms with Gasteiger partial charge in [-0.3, -0.25) is 14.5 Å². The predicted molar refractivity (Wildman–Crippen MR) is 98.9 cm³/mol. The van der Waals surface area contributed by atoms with E-state index in [-0.39, 0.29) is 18.4 Å². The van der Waals surface area contributed by atoms with E-state index < -0.39 is 17.8 Å². The molecule has 2 atom stereocenters. The zero-order chi connectivity index (χ0) is 20.5. The second-order valence-electron chi connectivity index (χ2n) is 6.93. The highest BCUT2D eigenvalue weighted by Gasteiger charge is 2.33. The normalized spacial score (nSPS) is 16.2. The molecule has 2 aromatic rings. The van der Waals surface area contributed by atoms with Gasteiger partial charge < -0.3 is 10.2 Å². The van der Waals surface area contributed by atoms with Gasteiger partial charge in [-0.15, -0.1) is 0 Å².